The predicted octanol–water partition coefficient (Wildman–Crippen LogP) is 1.04. The summed E-state index contributed by atoms with van der Waals surface area (Å²) >= 11 is 0. The van der Waals surface area contributed by atoms with E-state index in [-0.39, 0.29) is 11.0 Å². The standard InChI is InChI=1S/C8H17N5/c1-7(2,3)8(4,5)13-6(9)10-11-12-13/h1-5H3,(H2,9,10,12). The molecule has 0 aromatic carbocycles. The molecule has 0 aliphatic heterocycles. The second-order valence-corrected chi connectivity index (χ2v) is 4.76. The zero-order valence-corrected chi connectivity index (χ0v) is 8.87. The predicted molar refractivity (Wildman–Crippen MR) is 51.0 cm³/mol. The van der Waals surface area contributed by atoms with Gasteiger partial charge in [0.25, 0.3) is 0 Å². The Morgan fingerprint density at radius 3 is 2.00 bits per heavy atom. The molecule has 1 heterocycles. The molecule has 5 nitrogen and oxygen atoms in total. The van der Waals surface area contributed by atoms with Crippen LogP contribution in [0.1, 0.15) is 34.6 Å². The number of nitrogens with two attached hydrogens (primary N) is 1. The summed E-state index contributed by atoms with van der Waals surface area (Å²) in [4.78, 5) is 0. The lowest BCUT2D eigenvalue weighted by Crippen LogP contribution is -2.41. The number of hydrogen-bond donors (Lipinski definition) is 1. The summed E-state index contributed by atoms with van der Waals surface area (Å²) in [5.41, 5.74) is 5.51. The van der Waals surface area contributed by atoms with Gasteiger partial charge in [-0.3, -0.25) is 0 Å². The van der Waals surface area contributed by atoms with Gasteiger partial charge in [0.05, 0.1) is 5.54 Å². The molecule has 0 amide bonds. The Labute approximate surface area is 78.3 Å². The van der Waals surface area contributed by atoms with Gasteiger partial charge in [0.15, 0.2) is 0 Å². The number of tetrazole rings is 1. The van der Waals surface area contributed by atoms with Crippen molar-refractivity contribution in [2.45, 2.75) is 40.2 Å². The largest absolute Gasteiger partial charge is 0.367 e. The van der Waals surface area contributed by atoms with Crippen LogP contribution in [0, 0.1) is 5.41 Å². The van der Waals surface area contributed by atoms with Crippen LogP contribution < -0.4 is 5.73 Å². The van der Waals surface area contributed by atoms with Crippen LogP contribution in [0.5, 0.6) is 0 Å². The highest BCUT2D eigenvalue weighted by atomic mass is 15.6. The van der Waals surface area contributed by atoms with Gasteiger partial charge in [0, 0.05) is 0 Å². The van der Waals surface area contributed by atoms with Gasteiger partial charge in [-0.2, -0.15) is 0 Å². The van der Waals surface area contributed by atoms with Gasteiger partial charge in [0.2, 0.25) is 5.95 Å². The molecule has 0 aliphatic carbocycles. The molecule has 0 spiro atoms. The monoisotopic (exact) mass is 183 g/mol. The van der Waals surface area contributed by atoms with Crippen LogP contribution in [0.4, 0.5) is 5.95 Å². The van der Waals surface area contributed by atoms with E-state index in [0.29, 0.717) is 5.95 Å². The fourth-order valence-corrected chi connectivity index (χ4v) is 0.910. The summed E-state index contributed by atoms with van der Waals surface area (Å²) < 4.78 is 1.66. The number of nitrogen functional groups attached to an aromatic ring is 1. The lowest BCUT2D eigenvalue weighted by molar-refractivity contribution is 0.124. The maximum absolute atomic E-state index is 5.65. The van der Waals surface area contributed by atoms with Crippen molar-refractivity contribution in [1.82, 2.24) is 20.2 Å². The number of nitrogens with zero attached hydrogens (tertiary/aromatic N) is 4. The SMILES string of the molecule is CC(C)(C)C(C)(C)n1nnnc1N. The molecular weight excluding hydrogens is 166 g/mol. The molecule has 0 atom stereocenters. The van der Waals surface area contributed by atoms with E-state index in [1.807, 2.05) is 0 Å². The molecule has 0 aliphatic rings. The molecule has 1 aromatic heterocycles. The Morgan fingerprint density at radius 1 is 1.15 bits per heavy atom. The number of anilines is 1. The highest BCUT2D eigenvalue weighted by molar-refractivity contribution is 5.14. The minimum absolute atomic E-state index is 0.0521. The third-order valence-corrected chi connectivity index (χ3v) is 2.86. The Bertz CT molecular complexity index is 294. The first-order chi connectivity index (χ1) is 5.77. The molecule has 1 rings (SSSR count). The summed E-state index contributed by atoms with van der Waals surface area (Å²) in [6, 6.07) is 0. The van der Waals surface area contributed by atoms with E-state index in [9.17, 15) is 0 Å². The summed E-state index contributed by atoms with van der Waals surface area (Å²) in [6.45, 7) is 10.5. The lowest BCUT2D eigenvalue weighted by atomic mass is 9.76. The van der Waals surface area contributed by atoms with E-state index >= 15 is 0 Å². The van der Waals surface area contributed by atoms with E-state index in [4.69, 9.17) is 5.73 Å². The Balaban J connectivity index is 3.15. The van der Waals surface area contributed by atoms with Crippen LogP contribution in [0.2, 0.25) is 0 Å². The van der Waals surface area contributed by atoms with Gasteiger partial charge in [0.1, 0.15) is 0 Å². The summed E-state index contributed by atoms with van der Waals surface area (Å²) in [5.74, 6) is 0.361. The maximum Gasteiger partial charge on any atom is 0.240 e. The van der Waals surface area contributed by atoms with E-state index < -0.39 is 0 Å². The first-order valence-electron chi connectivity index (χ1n) is 4.31. The minimum Gasteiger partial charge on any atom is -0.367 e. The van der Waals surface area contributed by atoms with E-state index in [1.54, 1.807) is 4.68 Å². The highest BCUT2D eigenvalue weighted by Gasteiger charge is 2.37. The average molecular weight is 183 g/mol. The van der Waals surface area contributed by atoms with Crippen LogP contribution in [0.25, 0.3) is 0 Å². The quantitative estimate of drug-likeness (QED) is 0.706. The zero-order valence-electron chi connectivity index (χ0n) is 8.87. The normalized spacial score (nSPS) is 13.3. The van der Waals surface area contributed by atoms with Gasteiger partial charge in [-0.1, -0.05) is 25.9 Å². The topological polar surface area (TPSA) is 69.6 Å². The lowest BCUT2D eigenvalue weighted by Gasteiger charge is -2.38. The summed E-state index contributed by atoms with van der Waals surface area (Å²) in [7, 11) is 0. The second kappa shape index (κ2) is 2.68. The molecular formula is C8H17N5. The van der Waals surface area contributed by atoms with E-state index in [0.717, 1.165) is 0 Å². The Morgan fingerprint density at radius 2 is 1.69 bits per heavy atom. The number of aromatic nitrogens is 4. The Hall–Kier alpha value is -1.13. The fourth-order valence-electron chi connectivity index (χ4n) is 0.910. The molecule has 74 valence electrons. The first-order valence-corrected chi connectivity index (χ1v) is 4.31. The van der Waals surface area contributed by atoms with Gasteiger partial charge < -0.3 is 5.73 Å². The van der Waals surface area contributed by atoms with Crippen molar-refractivity contribution in [2.24, 2.45) is 5.41 Å². The molecule has 0 bridgehead atoms. The molecule has 0 fully saturated rings. The highest BCUT2D eigenvalue weighted by Crippen LogP contribution is 2.36. The Kier molecular flexibility index (Phi) is 2.05. The van der Waals surface area contributed by atoms with Crippen molar-refractivity contribution in [3.8, 4) is 0 Å². The van der Waals surface area contributed by atoms with Crippen LogP contribution in [0.3, 0.4) is 0 Å². The number of hydrogen-bond acceptors (Lipinski definition) is 4. The molecule has 5 heteroatoms. The first kappa shape index (κ1) is 9.95. The van der Waals surface area contributed by atoms with Crippen LogP contribution in [-0.2, 0) is 5.54 Å². The van der Waals surface area contributed by atoms with Gasteiger partial charge >= 0.3 is 0 Å². The van der Waals surface area contributed by atoms with Crippen molar-refractivity contribution in [2.75, 3.05) is 5.73 Å². The van der Waals surface area contributed by atoms with Gasteiger partial charge in [-0.15, -0.1) is 0 Å². The van der Waals surface area contributed by atoms with Crippen molar-refractivity contribution in [1.29, 1.82) is 0 Å². The van der Waals surface area contributed by atoms with Crippen molar-refractivity contribution < 1.29 is 0 Å². The van der Waals surface area contributed by atoms with E-state index in [2.05, 4.69) is 50.1 Å². The van der Waals surface area contributed by atoms with Crippen molar-refractivity contribution >= 4 is 5.95 Å². The molecule has 0 saturated heterocycles. The van der Waals surface area contributed by atoms with Crippen LogP contribution in [0.15, 0.2) is 0 Å². The fraction of sp³-hybridized carbons (Fsp3) is 0.875. The van der Waals surface area contributed by atoms with Crippen molar-refractivity contribution in [3.63, 3.8) is 0 Å². The number of rotatable bonds is 1. The van der Waals surface area contributed by atoms with Crippen molar-refractivity contribution in [3.05, 3.63) is 0 Å². The zero-order chi connectivity index (χ0) is 10.3. The van der Waals surface area contributed by atoms with Crippen LogP contribution in [-0.4, -0.2) is 20.2 Å². The van der Waals surface area contributed by atoms with Crippen LogP contribution >= 0.6 is 0 Å². The second-order valence-electron chi connectivity index (χ2n) is 4.76. The molecule has 0 saturated carbocycles. The summed E-state index contributed by atoms with van der Waals surface area (Å²) in [6.07, 6.45) is 0. The summed E-state index contributed by atoms with van der Waals surface area (Å²) in [5, 5.41) is 11.1. The smallest absolute Gasteiger partial charge is 0.240 e. The average Bonchev–Trinajstić information content (AvgIpc) is 2.32. The van der Waals surface area contributed by atoms with E-state index in [1.165, 1.54) is 0 Å². The minimum atomic E-state index is -0.194. The maximum atomic E-state index is 5.65. The third-order valence-electron chi connectivity index (χ3n) is 2.86. The third kappa shape index (κ3) is 1.50. The van der Waals surface area contributed by atoms with Gasteiger partial charge in [-0.05, 0) is 29.7 Å². The molecule has 1 aromatic rings. The molecule has 0 unspecified atom stereocenters. The van der Waals surface area contributed by atoms with Gasteiger partial charge in [-0.25, -0.2) is 4.68 Å². The molecule has 13 heavy (non-hydrogen) atoms. The molecule has 2 N–H and O–H groups in total. The molecule has 0 radical (unpaired) electrons.